The fraction of sp³-hybridized carbons (Fsp3) is 0.333. The first-order valence-electron chi connectivity index (χ1n) is 8.54. The molecule has 0 N–H and O–H groups in total. The molecule has 4 heteroatoms. The summed E-state index contributed by atoms with van der Waals surface area (Å²) in [6.07, 6.45) is 2.68. The van der Waals surface area contributed by atoms with Gasteiger partial charge in [-0.2, -0.15) is 0 Å². The molecule has 3 atom stereocenters. The molecule has 0 aliphatic heterocycles. The highest BCUT2D eigenvalue weighted by Crippen LogP contribution is 2.46. The van der Waals surface area contributed by atoms with Gasteiger partial charge in [-0.1, -0.05) is 67.1 Å². The Labute approximate surface area is 158 Å². The molecule has 0 saturated heterocycles. The molecule has 2 aromatic carbocycles. The maximum absolute atomic E-state index is 12.9. The molecule has 1 fully saturated rings. The number of rotatable bonds is 5. The van der Waals surface area contributed by atoms with Gasteiger partial charge in [-0.3, -0.25) is 9.59 Å². The van der Waals surface area contributed by atoms with Gasteiger partial charge in [-0.15, -0.1) is 23.2 Å². The first-order chi connectivity index (χ1) is 12.0. The van der Waals surface area contributed by atoms with Gasteiger partial charge in [0.25, 0.3) is 0 Å². The quantitative estimate of drug-likeness (QED) is 0.519. The van der Waals surface area contributed by atoms with E-state index >= 15 is 0 Å². The van der Waals surface area contributed by atoms with Crippen LogP contribution in [0.25, 0.3) is 0 Å². The number of carbonyl (C=O) groups is 2. The van der Waals surface area contributed by atoms with Crippen LogP contribution in [0, 0.1) is 0 Å². The van der Waals surface area contributed by atoms with Crippen molar-refractivity contribution in [1.82, 2.24) is 0 Å². The SMILES string of the molecule is O=C(c1ccccc1)[C@@H](Cl)[C@H](c1ccccc1)[C@]1(Cl)CCCCC1=O. The second-order valence-electron chi connectivity index (χ2n) is 6.51. The van der Waals surface area contributed by atoms with Crippen molar-refractivity contribution in [3.05, 3.63) is 71.8 Å². The molecule has 0 spiro atoms. The second-order valence-corrected chi connectivity index (χ2v) is 7.66. The van der Waals surface area contributed by atoms with E-state index in [1.165, 1.54) is 0 Å². The Morgan fingerprint density at radius 3 is 2.16 bits per heavy atom. The van der Waals surface area contributed by atoms with Crippen LogP contribution in [0.15, 0.2) is 60.7 Å². The van der Waals surface area contributed by atoms with Crippen molar-refractivity contribution in [3.8, 4) is 0 Å². The molecule has 1 aliphatic rings. The van der Waals surface area contributed by atoms with E-state index in [1.807, 2.05) is 36.4 Å². The summed E-state index contributed by atoms with van der Waals surface area (Å²) in [6, 6.07) is 18.4. The third kappa shape index (κ3) is 3.65. The van der Waals surface area contributed by atoms with Gasteiger partial charge in [0, 0.05) is 17.9 Å². The largest absolute Gasteiger partial charge is 0.298 e. The number of halogens is 2. The summed E-state index contributed by atoms with van der Waals surface area (Å²) < 4.78 is 0. The summed E-state index contributed by atoms with van der Waals surface area (Å²) in [4.78, 5) is 24.5. The van der Waals surface area contributed by atoms with Crippen LogP contribution in [0.4, 0.5) is 0 Å². The monoisotopic (exact) mass is 374 g/mol. The molecule has 0 unspecified atom stereocenters. The molecule has 0 aromatic heterocycles. The van der Waals surface area contributed by atoms with Gasteiger partial charge in [0.05, 0.1) is 0 Å². The van der Waals surface area contributed by atoms with Crippen LogP contribution in [0.1, 0.15) is 47.5 Å². The summed E-state index contributed by atoms with van der Waals surface area (Å²) in [7, 11) is 0. The van der Waals surface area contributed by atoms with Crippen molar-refractivity contribution >= 4 is 34.8 Å². The van der Waals surface area contributed by atoms with E-state index in [0.717, 1.165) is 18.4 Å². The van der Waals surface area contributed by atoms with Gasteiger partial charge < -0.3 is 0 Å². The zero-order valence-corrected chi connectivity index (χ0v) is 15.3. The lowest BCUT2D eigenvalue weighted by Gasteiger charge is -2.39. The number of carbonyl (C=O) groups excluding carboxylic acids is 2. The number of ketones is 2. The Morgan fingerprint density at radius 2 is 1.56 bits per heavy atom. The Hall–Kier alpha value is -1.64. The normalized spacial score (nSPS) is 23.0. The van der Waals surface area contributed by atoms with Crippen LogP contribution in [0.2, 0.25) is 0 Å². The molecule has 2 aromatic rings. The topological polar surface area (TPSA) is 34.1 Å². The molecular formula is C21H20Cl2O2. The zero-order valence-electron chi connectivity index (χ0n) is 13.8. The van der Waals surface area contributed by atoms with Crippen molar-refractivity contribution in [2.45, 2.75) is 41.9 Å². The lowest BCUT2D eigenvalue weighted by atomic mass is 9.72. The number of alkyl halides is 2. The lowest BCUT2D eigenvalue weighted by Crippen LogP contribution is -2.46. The lowest BCUT2D eigenvalue weighted by molar-refractivity contribution is -0.123. The van der Waals surface area contributed by atoms with Crippen LogP contribution in [-0.4, -0.2) is 21.8 Å². The highest BCUT2D eigenvalue weighted by Gasteiger charge is 2.50. The molecule has 130 valence electrons. The summed E-state index contributed by atoms with van der Waals surface area (Å²) in [5.74, 6) is -0.771. The van der Waals surface area contributed by atoms with Crippen molar-refractivity contribution in [1.29, 1.82) is 0 Å². The Morgan fingerprint density at radius 1 is 0.960 bits per heavy atom. The highest BCUT2D eigenvalue weighted by molar-refractivity contribution is 6.40. The van der Waals surface area contributed by atoms with Gasteiger partial charge >= 0.3 is 0 Å². The van der Waals surface area contributed by atoms with Crippen molar-refractivity contribution in [2.24, 2.45) is 0 Å². The van der Waals surface area contributed by atoms with Crippen molar-refractivity contribution in [2.75, 3.05) is 0 Å². The zero-order chi connectivity index (χ0) is 17.9. The summed E-state index contributed by atoms with van der Waals surface area (Å²) in [5.41, 5.74) is 1.36. The Balaban J connectivity index is 2.02. The van der Waals surface area contributed by atoms with Crippen LogP contribution in [0.3, 0.4) is 0 Å². The molecule has 1 aliphatic carbocycles. The van der Waals surface area contributed by atoms with E-state index in [1.54, 1.807) is 24.3 Å². The maximum atomic E-state index is 12.9. The van der Waals surface area contributed by atoms with E-state index in [9.17, 15) is 9.59 Å². The minimum atomic E-state index is -1.13. The van der Waals surface area contributed by atoms with E-state index in [-0.39, 0.29) is 11.6 Å². The van der Waals surface area contributed by atoms with Crippen LogP contribution >= 0.6 is 23.2 Å². The number of Topliss-reactive ketones (excluding diaryl/α,β-unsaturated/α-hetero) is 2. The van der Waals surface area contributed by atoms with E-state index < -0.39 is 16.2 Å². The molecule has 0 radical (unpaired) electrons. The van der Waals surface area contributed by atoms with Gasteiger partial charge in [0.1, 0.15) is 10.3 Å². The number of hydrogen-bond donors (Lipinski definition) is 0. The predicted octanol–water partition coefficient (Wildman–Crippen LogP) is 5.38. The average Bonchev–Trinajstić information content (AvgIpc) is 2.65. The molecular weight excluding hydrogens is 355 g/mol. The maximum Gasteiger partial charge on any atom is 0.181 e. The minimum Gasteiger partial charge on any atom is -0.298 e. The minimum absolute atomic E-state index is 0.0132. The van der Waals surface area contributed by atoms with Crippen LogP contribution in [0.5, 0.6) is 0 Å². The number of benzene rings is 2. The standard InChI is InChI=1S/C21H20Cl2O2/c22-19(20(25)16-11-5-2-6-12-16)18(15-9-3-1-4-10-15)21(23)14-8-7-13-17(21)24/h1-6,9-12,18-19H,7-8,13-14H2/t18-,19-,21-/m0/s1. The van der Waals surface area contributed by atoms with E-state index in [4.69, 9.17) is 23.2 Å². The summed E-state index contributed by atoms with van der Waals surface area (Å²) >= 11 is 13.5. The molecule has 0 bridgehead atoms. The van der Waals surface area contributed by atoms with E-state index in [0.29, 0.717) is 18.4 Å². The van der Waals surface area contributed by atoms with E-state index in [2.05, 4.69) is 0 Å². The molecule has 25 heavy (non-hydrogen) atoms. The first-order valence-corrected chi connectivity index (χ1v) is 9.36. The average molecular weight is 375 g/mol. The molecule has 2 nitrogen and oxygen atoms in total. The Kier molecular flexibility index (Phi) is 5.61. The van der Waals surface area contributed by atoms with Crippen molar-refractivity contribution in [3.63, 3.8) is 0 Å². The predicted molar refractivity (Wildman–Crippen MR) is 102 cm³/mol. The van der Waals surface area contributed by atoms with Crippen molar-refractivity contribution < 1.29 is 9.59 Å². The summed E-state index contributed by atoms with van der Waals surface area (Å²) in [5, 5.41) is -0.899. The van der Waals surface area contributed by atoms with Gasteiger partial charge in [-0.25, -0.2) is 0 Å². The smallest absolute Gasteiger partial charge is 0.181 e. The second kappa shape index (κ2) is 7.72. The highest BCUT2D eigenvalue weighted by atomic mass is 35.5. The molecule has 0 heterocycles. The van der Waals surface area contributed by atoms with Crippen LogP contribution in [-0.2, 0) is 4.79 Å². The van der Waals surface area contributed by atoms with Gasteiger partial charge in [-0.05, 0) is 18.4 Å². The third-order valence-electron chi connectivity index (χ3n) is 4.91. The van der Waals surface area contributed by atoms with Gasteiger partial charge in [0.2, 0.25) is 0 Å². The Bertz CT molecular complexity index is 745. The van der Waals surface area contributed by atoms with Gasteiger partial charge in [0.15, 0.2) is 11.6 Å². The fourth-order valence-corrected chi connectivity index (χ4v) is 4.61. The molecule has 3 rings (SSSR count). The van der Waals surface area contributed by atoms with Crippen LogP contribution < -0.4 is 0 Å². The molecule has 0 amide bonds. The molecule has 1 saturated carbocycles. The summed E-state index contributed by atoms with van der Waals surface area (Å²) in [6.45, 7) is 0. The third-order valence-corrected chi connectivity index (χ3v) is 6.00. The number of hydrogen-bond acceptors (Lipinski definition) is 2. The first kappa shape index (κ1) is 18.2. The fourth-order valence-electron chi connectivity index (χ4n) is 3.58.